The van der Waals surface area contributed by atoms with Crippen LogP contribution >= 0.6 is 0 Å². The molecule has 128 valence electrons. The minimum Gasteiger partial charge on any atom is -0.468 e. The van der Waals surface area contributed by atoms with Crippen molar-refractivity contribution in [2.75, 3.05) is 13.7 Å². The van der Waals surface area contributed by atoms with Crippen LogP contribution in [0.5, 0.6) is 0 Å². The second-order valence-electron chi connectivity index (χ2n) is 5.77. The number of benzene rings is 1. The predicted molar refractivity (Wildman–Crippen MR) is 87.0 cm³/mol. The summed E-state index contributed by atoms with van der Waals surface area (Å²) in [6, 6.07) is 9.65. The zero-order valence-electron chi connectivity index (χ0n) is 13.5. The first-order valence-corrected chi connectivity index (χ1v) is 9.10. The number of esters is 1. The van der Waals surface area contributed by atoms with Crippen LogP contribution in [0.25, 0.3) is 5.69 Å². The number of hydrogen-bond acceptors (Lipinski definition) is 5. The van der Waals surface area contributed by atoms with E-state index in [9.17, 15) is 13.2 Å². The van der Waals surface area contributed by atoms with Crippen LogP contribution in [0.1, 0.15) is 13.3 Å². The number of nitrogens with zero attached hydrogens (tertiary/aromatic N) is 3. The molecule has 0 bridgehead atoms. The van der Waals surface area contributed by atoms with Gasteiger partial charge in [0, 0.05) is 6.54 Å². The molecule has 1 fully saturated rings. The number of carbonyl (C=O) groups excluding carboxylic acids is 1. The molecule has 0 radical (unpaired) electrons. The van der Waals surface area contributed by atoms with Gasteiger partial charge in [-0.1, -0.05) is 25.1 Å². The quantitative estimate of drug-likeness (QED) is 0.780. The van der Waals surface area contributed by atoms with Crippen molar-refractivity contribution in [3.8, 4) is 5.69 Å². The Morgan fingerprint density at radius 3 is 2.62 bits per heavy atom. The third-order valence-electron chi connectivity index (χ3n) is 4.28. The Hall–Kier alpha value is -2.19. The number of sulfonamides is 1. The van der Waals surface area contributed by atoms with Gasteiger partial charge in [-0.25, -0.2) is 13.1 Å². The monoisotopic (exact) mass is 349 g/mol. The van der Waals surface area contributed by atoms with Gasteiger partial charge in [-0.2, -0.15) is 9.40 Å². The number of para-hydroxylation sites is 1. The van der Waals surface area contributed by atoms with E-state index in [4.69, 9.17) is 4.74 Å². The molecule has 1 aliphatic heterocycles. The molecule has 2 unspecified atom stereocenters. The van der Waals surface area contributed by atoms with Crippen molar-refractivity contribution in [1.29, 1.82) is 0 Å². The van der Waals surface area contributed by atoms with Crippen LogP contribution in [0.3, 0.4) is 0 Å². The first-order chi connectivity index (χ1) is 11.5. The van der Waals surface area contributed by atoms with Gasteiger partial charge >= 0.3 is 5.97 Å². The van der Waals surface area contributed by atoms with E-state index in [0.717, 1.165) is 0 Å². The van der Waals surface area contributed by atoms with E-state index in [1.54, 1.807) is 12.1 Å². The molecule has 0 saturated carbocycles. The molecule has 1 aliphatic rings. The van der Waals surface area contributed by atoms with Gasteiger partial charge in [0.1, 0.15) is 6.04 Å². The lowest BCUT2D eigenvalue weighted by atomic mass is 10.0. The summed E-state index contributed by atoms with van der Waals surface area (Å²) in [5.41, 5.74) is 0.642. The van der Waals surface area contributed by atoms with Crippen LogP contribution in [-0.4, -0.2) is 48.2 Å². The Balaban J connectivity index is 2.04. The van der Waals surface area contributed by atoms with Crippen molar-refractivity contribution in [2.45, 2.75) is 24.4 Å². The standard InChI is InChI=1S/C16H19N3O4S/c1-12-9-11-18(15(12)16(20)23-2)24(21,22)14-8-10-17-19(14)13-6-4-3-5-7-13/h3-8,10,12,15H,9,11H2,1-2H3. The third kappa shape index (κ3) is 2.71. The molecule has 2 atom stereocenters. The summed E-state index contributed by atoms with van der Waals surface area (Å²) < 4.78 is 33.6. The van der Waals surface area contributed by atoms with Gasteiger partial charge in [-0.05, 0) is 30.5 Å². The number of methoxy groups -OCH3 is 1. The maximum absolute atomic E-state index is 13.1. The highest BCUT2D eigenvalue weighted by Crippen LogP contribution is 2.31. The molecule has 0 amide bonds. The molecule has 1 saturated heterocycles. The molecule has 0 aliphatic carbocycles. The summed E-state index contributed by atoms with van der Waals surface area (Å²) in [6.07, 6.45) is 2.05. The largest absolute Gasteiger partial charge is 0.468 e. The van der Waals surface area contributed by atoms with Crippen LogP contribution in [0, 0.1) is 5.92 Å². The molecule has 8 heteroatoms. The van der Waals surface area contributed by atoms with Gasteiger partial charge in [0.15, 0.2) is 5.03 Å². The second-order valence-corrected chi connectivity index (χ2v) is 7.60. The number of hydrogen-bond donors (Lipinski definition) is 0. The van der Waals surface area contributed by atoms with Gasteiger partial charge in [-0.3, -0.25) is 4.79 Å². The Bertz CT molecular complexity index is 832. The van der Waals surface area contributed by atoms with Gasteiger partial charge in [0.2, 0.25) is 0 Å². The number of rotatable bonds is 4. The molecular weight excluding hydrogens is 330 g/mol. The summed E-state index contributed by atoms with van der Waals surface area (Å²) in [7, 11) is -2.61. The highest BCUT2D eigenvalue weighted by atomic mass is 32.2. The van der Waals surface area contributed by atoms with E-state index < -0.39 is 22.0 Å². The van der Waals surface area contributed by atoms with Crippen LogP contribution in [-0.2, 0) is 19.6 Å². The smallest absolute Gasteiger partial charge is 0.324 e. The topological polar surface area (TPSA) is 81.5 Å². The first-order valence-electron chi connectivity index (χ1n) is 7.66. The number of carbonyl (C=O) groups is 1. The molecule has 2 heterocycles. The zero-order chi connectivity index (χ0) is 17.3. The van der Waals surface area contributed by atoms with E-state index >= 15 is 0 Å². The van der Waals surface area contributed by atoms with E-state index in [0.29, 0.717) is 12.1 Å². The van der Waals surface area contributed by atoms with Crippen molar-refractivity contribution in [1.82, 2.24) is 14.1 Å². The van der Waals surface area contributed by atoms with Crippen LogP contribution < -0.4 is 0 Å². The zero-order valence-corrected chi connectivity index (χ0v) is 14.3. The lowest BCUT2D eigenvalue weighted by Crippen LogP contribution is -2.43. The fourth-order valence-corrected chi connectivity index (χ4v) is 4.80. The Morgan fingerprint density at radius 2 is 1.96 bits per heavy atom. The SMILES string of the molecule is COC(=O)C1C(C)CCN1S(=O)(=O)c1ccnn1-c1ccccc1. The molecule has 7 nitrogen and oxygen atoms in total. The molecule has 2 aromatic rings. The van der Waals surface area contributed by atoms with Crippen molar-refractivity contribution in [3.63, 3.8) is 0 Å². The van der Waals surface area contributed by atoms with E-state index in [1.165, 1.54) is 28.4 Å². The molecule has 0 N–H and O–H groups in total. The number of ether oxygens (including phenoxy) is 1. The second kappa shape index (κ2) is 6.37. The summed E-state index contributed by atoms with van der Waals surface area (Å²) >= 11 is 0. The average molecular weight is 349 g/mol. The van der Waals surface area contributed by atoms with Gasteiger partial charge in [0.05, 0.1) is 19.0 Å². The Labute approximate surface area is 140 Å². The van der Waals surface area contributed by atoms with E-state index in [-0.39, 0.29) is 17.5 Å². The summed E-state index contributed by atoms with van der Waals surface area (Å²) in [6.45, 7) is 2.13. The highest BCUT2D eigenvalue weighted by Gasteiger charge is 2.45. The number of aromatic nitrogens is 2. The fourth-order valence-electron chi connectivity index (χ4n) is 3.02. The average Bonchev–Trinajstić information content (AvgIpc) is 3.22. The third-order valence-corrected chi connectivity index (χ3v) is 6.14. The summed E-state index contributed by atoms with van der Waals surface area (Å²) in [5, 5.41) is 4.17. The maximum Gasteiger partial charge on any atom is 0.324 e. The first kappa shape index (κ1) is 16.7. The van der Waals surface area contributed by atoms with Crippen LogP contribution in [0.15, 0.2) is 47.6 Å². The lowest BCUT2D eigenvalue weighted by Gasteiger charge is -2.24. The molecule has 3 rings (SSSR count). The van der Waals surface area contributed by atoms with Crippen molar-refractivity contribution < 1.29 is 17.9 Å². The molecule has 24 heavy (non-hydrogen) atoms. The molecule has 1 aromatic heterocycles. The van der Waals surface area contributed by atoms with Crippen LogP contribution in [0.4, 0.5) is 0 Å². The summed E-state index contributed by atoms with van der Waals surface area (Å²) in [5.74, 6) is -0.630. The summed E-state index contributed by atoms with van der Waals surface area (Å²) in [4.78, 5) is 12.1. The van der Waals surface area contributed by atoms with Crippen LogP contribution in [0.2, 0.25) is 0 Å². The lowest BCUT2D eigenvalue weighted by molar-refractivity contribution is -0.145. The highest BCUT2D eigenvalue weighted by molar-refractivity contribution is 7.89. The predicted octanol–water partition coefficient (Wildman–Crippen LogP) is 1.44. The van der Waals surface area contributed by atoms with Crippen molar-refractivity contribution in [2.24, 2.45) is 5.92 Å². The van der Waals surface area contributed by atoms with Gasteiger partial charge in [0.25, 0.3) is 10.0 Å². The molecule has 0 spiro atoms. The normalized spacial score (nSPS) is 21.8. The molecular formula is C16H19N3O4S. The van der Waals surface area contributed by atoms with E-state index in [2.05, 4.69) is 5.10 Å². The molecule has 1 aromatic carbocycles. The minimum absolute atomic E-state index is 0.0386. The minimum atomic E-state index is -3.88. The Morgan fingerprint density at radius 1 is 1.25 bits per heavy atom. The van der Waals surface area contributed by atoms with E-state index in [1.807, 2.05) is 25.1 Å². The van der Waals surface area contributed by atoms with Crippen molar-refractivity contribution >= 4 is 16.0 Å². The van der Waals surface area contributed by atoms with Crippen molar-refractivity contribution in [3.05, 3.63) is 42.6 Å². The van der Waals surface area contributed by atoms with Gasteiger partial charge in [-0.15, -0.1) is 0 Å². The fraction of sp³-hybridized carbons (Fsp3) is 0.375. The van der Waals surface area contributed by atoms with Gasteiger partial charge < -0.3 is 4.74 Å². The maximum atomic E-state index is 13.1. The Kier molecular flexibility index (Phi) is 4.42.